The molecular weight excluding hydrogens is 174 g/mol. The van der Waals surface area contributed by atoms with Gasteiger partial charge in [-0.1, -0.05) is 36.9 Å². The molecule has 0 bridgehead atoms. The van der Waals surface area contributed by atoms with Crippen LogP contribution in [0.1, 0.15) is 5.56 Å². The highest BCUT2D eigenvalue weighted by molar-refractivity contribution is 5.93. The Morgan fingerprint density at radius 1 is 1.21 bits per heavy atom. The molecule has 0 spiro atoms. The molecule has 0 unspecified atom stereocenters. The third kappa shape index (κ3) is 2.10. The van der Waals surface area contributed by atoms with Crippen molar-refractivity contribution < 1.29 is 4.74 Å². The molecule has 0 saturated heterocycles. The minimum atomic E-state index is 0.578. The van der Waals surface area contributed by atoms with Crippen molar-refractivity contribution in [3.63, 3.8) is 0 Å². The van der Waals surface area contributed by atoms with Gasteiger partial charge in [-0.15, -0.1) is 0 Å². The van der Waals surface area contributed by atoms with Crippen LogP contribution in [-0.4, -0.2) is 12.4 Å². The number of aliphatic imine (C=N–C) groups is 1. The number of ether oxygens (including phenoxy) is 1. The third-order valence-electron chi connectivity index (χ3n) is 1.88. The SMILES string of the molecule is C=C1CN=C(/C=C/c2ccccc2)O1. The second-order valence-corrected chi connectivity index (χ2v) is 3.04. The number of rotatable bonds is 2. The zero-order valence-electron chi connectivity index (χ0n) is 7.81. The highest BCUT2D eigenvalue weighted by Gasteiger charge is 2.06. The van der Waals surface area contributed by atoms with E-state index in [0.29, 0.717) is 18.2 Å². The first kappa shape index (κ1) is 8.75. The van der Waals surface area contributed by atoms with Gasteiger partial charge in [0, 0.05) is 6.08 Å². The lowest BCUT2D eigenvalue weighted by Gasteiger charge is -1.94. The van der Waals surface area contributed by atoms with Crippen LogP contribution in [0.5, 0.6) is 0 Å². The van der Waals surface area contributed by atoms with Crippen molar-refractivity contribution in [2.24, 2.45) is 4.99 Å². The second kappa shape index (κ2) is 3.92. The summed E-state index contributed by atoms with van der Waals surface area (Å²) in [4.78, 5) is 4.14. The van der Waals surface area contributed by atoms with Crippen LogP contribution in [0.25, 0.3) is 6.08 Å². The van der Waals surface area contributed by atoms with Gasteiger partial charge in [-0.05, 0) is 11.6 Å². The Kier molecular flexibility index (Phi) is 2.45. The molecule has 0 radical (unpaired) electrons. The van der Waals surface area contributed by atoms with E-state index in [2.05, 4.69) is 11.6 Å². The molecule has 70 valence electrons. The zero-order valence-corrected chi connectivity index (χ0v) is 7.81. The van der Waals surface area contributed by atoms with E-state index in [1.54, 1.807) is 0 Å². The van der Waals surface area contributed by atoms with Crippen LogP contribution in [-0.2, 0) is 4.74 Å². The van der Waals surface area contributed by atoms with Crippen LogP contribution in [0.15, 0.2) is 53.7 Å². The second-order valence-electron chi connectivity index (χ2n) is 3.04. The molecule has 0 N–H and O–H groups in total. The van der Waals surface area contributed by atoms with Gasteiger partial charge >= 0.3 is 0 Å². The van der Waals surface area contributed by atoms with Gasteiger partial charge in [0.25, 0.3) is 0 Å². The Hall–Kier alpha value is -1.83. The van der Waals surface area contributed by atoms with E-state index in [9.17, 15) is 0 Å². The predicted octanol–water partition coefficient (Wildman–Crippen LogP) is 2.64. The maximum Gasteiger partial charge on any atom is 0.214 e. The highest BCUT2D eigenvalue weighted by Crippen LogP contribution is 2.08. The summed E-state index contributed by atoms with van der Waals surface area (Å²) < 4.78 is 5.25. The van der Waals surface area contributed by atoms with E-state index in [1.165, 1.54) is 0 Å². The molecule has 0 fully saturated rings. The van der Waals surface area contributed by atoms with Gasteiger partial charge in [0.15, 0.2) is 0 Å². The van der Waals surface area contributed by atoms with Crippen LogP contribution in [0.4, 0.5) is 0 Å². The lowest BCUT2D eigenvalue weighted by atomic mass is 10.2. The lowest BCUT2D eigenvalue weighted by molar-refractivity contribution is 0.444. The Bertz CT molecular complexity index is 390. The van der Waals surface area contributed by atoms with Crippen LogP contribution in [0, 0.1) is 0 Å². The quantitative estimate of drug-likeness (QED) is 0.694. The Morgan fingerprint density at radius 2 is 2.00 bits per heavy atom. The summed E-state index contributed by atoms with van der Waals surface area (Å²) >= 11 is 0. The van der Waals surface area contributed by atoms with Crippen molar-refractivity contribution in [1.29, 1.82) is 0 Å². The topological polar surface area (TPSA) is 21.6 Å². The van der Waals surface area contributed by atoms with Crippen LogP contribution in [0.3, 0.4) is 0 Å². The average molecular weight is 185 g/mol. The van der Waals surface area contributed by atoms with Gasteiger partial charge in [-0.2, -0.15) is 0 Å². The van der Waals surface area contributed by atoms with E-state index in [4.69, 9.17) is 4.74 Å². The molecule has 0 atom stereocenters. The molecular formula is C12H11NO. The highest BCUT2D eigenvalue weighted by atomic mass is 16.5. The molecule has 1 aliphatic heterocycles. The summed E-state index contributed by atoms with van der Waals surface area (Å²) in [6.07, 6.45) is 3.82. The summed E-state index contributed by atoms with van der Waals surface area (Å²) in [7, 11) is 0. The molecule has 2 heteroatoms. The van der Waals surface area contributed by atoms with E-state index in [-0.39, 0.29) is 0 Å². The van der Waals surface area contributed by atoms with E-state index in [1.807, 2.05) is 42.5 Å². The van der Waals surface area contributed by atoms with Gasteiger partial charge in [-0.3, -0.25) is 0 Å². The smallest absolute Gasteiger partial charge is 0.214 e. The molecule has 1 aromatic carbocycles. The molecule has 0 saturated carbocycles. The monoisotopic (exact) mass is 185 g/mol. The third-order valence-corrected chi connectivity index (χ3v) is 1.88. The lowest BCUT2D eigenvalue weighted by Crippen LogP contribution is -1.90. The number of benzene rings is 1. The minimum Gasteiger partial charge on any atom is -0.442 e. The van der Waals surface area contributed by atoms with Gasteiger partial charge < -0.3 is 4.74 Å². The number of hydrogen-bond acceptors (Lipinski definition) is 2. The molecule has 2 nitrogen and oxygen atoms in total. The summed E-state index contributed by atoms with van der Waals surface area (Å²) in [5, 5.41) is 0. The van der Waals surface area contributed by atoms with Crippen LogP contribution >= 0.6 is 0 Å². The molecule has 0 aromatic heterocycles. The van der Waals surface area contributed by atoms with Crippen molar-refractivity contribution in [3.05, 3.63) is 54.3 Å². The van der Waals surface area contributed by atoms with Crippen LogP contribution in [0.2, 0.25) is 0 Å². The Labute approximate surface area is 83.2 Å². The molecule has 1 aliphatic rings. The molecule has 0 amide bonds. The standard InChI is InChI=1S/C12H11NO/c1-10-9-13-12(14-10)8-7-11-5-3-2-4-6-11/h2-8H,1,9H2/b8-7+. The maximum atomic E-state index is 5.25. The Balaban J connectivity index is 2.05. The number of hydrogen-bond donors (Lipinski definition) is 0. The minimum absolute atomic E-state index is 0.578. The molecule has 1 aromatic rings. The summed E-state index contributed by atoms with van der Waals surface area (Å²) in [6.45, 7) is 4.27. The Morgan fingerprint density at radius 3 is 2.64 bits per heavy atom. The fourth-order valence-electron chi connectivity index (χ4n) is 1.20. The fraction of sp³-hybridized carbons (Fsp3) is 0.0833. The van der Waals surface area contributed by atoms with Crippen LogP contribution < -0.4 is 0 Å². The fourth-order valence-corrected chi connectivity index (χ4v) is 1.20. The van der Waals surface area contributed by atoms with E-state index in [0.717, 1.165) is 5.56 Å². The van der Waals surface area contributed by atoms with Crippen molar-refractivity contribution in [2.75, 3.05) is 6.54 Å². The summed E-state index contributed by atoms with van der Waals surface area (Å²) in [5.41, 5.74) is 1.14. The maximum absolute atomic E-state index is 5.25. The first-order valence-corrected chi connectivity index (χ1v) is 4.48. The predicted molar refractivity (Wildman–Crippen MR) is 58.0 cm³/mol. The average Bonchev–Trinajstić information content (AvgIpc) is 2.63. The summed E-state index contributed by atoms with van der Waals surface area (Å²) in [6, 6.07) is 10.0. The van der Waals surface area contributed by atoms with Crippen molar-refractivity contribution in [3.8, 4) is 0 Å². The molecule has 2 rings (SSSR count). The van der Waals surface area contributed by atoms with Crippen molar-refractivity contribution >= 4 is 12.0 Å². The zero-order chi connectivity index (χ0) is 9.80. The van der Waals surface area contributed by atoms with E-state index < -0.39 is 0 Å². The van der Waals surface area contributed by atoms with Gasteiger partial charge in [-0.25, -0.2) is 4.99 Å². The van der Waals surface area contributed by atoms with Crippen molar-refractivity contribution in [1.82, 2.24) is 0 Å². The largest absolute Gasteiger partial charge is 0.442 e. The molecule has 0 aliphatic carbocycles. The molecule has 14 heavy (non-hydrogen) atoms. The number of nitrogens with zero attached hydrogens (tertiary/aromatic N) is 1. The summed E-state index contributed by atoms with van der Waals surface area (Å²) in [5.74, 6) is 1.34. The first-order valence-electron chi connectivity index (χ1n) is 4.48. The first-order chi connectivity index (χ1) is 6.84. The van der Waals surface area contributed by atoms with Gasteiger partial charge in [0.05, 0.1) is 0 Å². The van der Waals surface area contributed by atoms with Gasteiger partial charge in [0.2, 0.25) is 5.90 Å². The normalized spacial score (nSPS) is 15.7. The van der Waals surface area contributed by atoms with Crippen molar-refractivity contribution in [2.45, 2.75) is 0 Å². The van der Waals surface area contributed by atoms with Gasteiger partial charge in [0.1, 0.15) is 12.3 Å². The molecule has 1 heterocycles. The van der Waals surface area contributed by atoms with E-state index >= 15 is 0 Å².